The zero-order valence-electron chi connectivity index (χ0n) is 16.1. The summed E-state index contributed by atoms with van der Waals surface area (Å²) in [6, 6.07) is 2.73. The van der Waals surface area contributed by atoms with E-state index in [0.29, 0.717) is 6.04 Å². The molecule has 0 aliphatic carbocycles. The molecule has 2 aromatic heterocycles. The quantitative estimate of drug-likeness (QED) is 0.618. The first-order chi connectivity index (χ1) is 11.5. The Kier molecular flexibility index (Phi) is 5.14. The number of carbonyl (C=O) groups excluding carboxylic acids is 1. The summed E-state index contributed by atoms with van der Waals surface area (Å²) in [6.45, 7) is 7.19. The third-order valence-corrected chi connectivity index (χ3v) is 14.9. The molecule has 138 valence electrons. The van der Waals surface area contributed by atoms with Gasteiger partial charge >= 0.3 is 138 Å². The summed E-state index contributed by atoms with van der Waals surface area (Å²) < 4.78 is 9.17. The summed E-state index contributed by atoms with van der Waals surface area (Å²) in [5.74, 6) is 0. The van der Waals surface area contributed by atoms with E-state index in [2.05, 4.69) is 31.8 Å². The predicted octanol–water partition coefficient (Wildman–Crippen LogP) is 4.22. The monoisotopic (exact) mass is 471 g/mol. The second kappa shape index (κ2) is 6.76. The second-order valence-corrected chi connectivity index (χ2v) is 25.4. The number of nitrogens with zero attached hydrogens (tertiary/aromatic N) is 3. The van der Waals surface area contributed by atoms with Crippen LogP contribution in [0, 0.1) is 0 Å². The number of piperidine rings is 1. The second-order valence-electron chi connectivity index (χ2n) is 8.93. The predicted molar refractivity (Wildman–Crippen MR) is 107 cm³/mol. The Hall–Kier alpha value is -0.761. The van der Waals surface area contributed by atoms with Gasteiger partial charge in [0.05, 0.1) is 0 Å². The van der Waals surface area contributed by atoms with Gasteiger partial charge in [-0.05, 0) is 20.8 Å². The summed E-state index contributed by atoms with van der Waals surface area (Å²) in [4.78, 5) is 22.5. The van der Waals surface area contributed by atoms with Crippen LogP contribution in [0.25, 0.3) is 10.2 Å². The fourth-order valence-electron chi connectivity index (χ4n) is 3.04. The molecule has 1 fully saturated rings. The minimum absolute atomic E-state index is 0.199. The summed E-state index contributed by atoms with van der Waals surface area (Å²) in [7, 11) is 0. The number of likely N-dealkylation sites (tertiary alicyclic amines) is 1. The molecule has 5 nitrogen and oxygen atoms in total. The number of rotatable bonds is 2. The molecule has 0 atom stereocenters. The zero-order chi connectivity index (χ0) is 18.4. The minimum atomic E-state index is -2.00. The zero-order valence-corrected chi connectivity index (χ0v) is 19.8. The Morgan fingerprint density at radius 2 is 1.92 bits per heavy atom. The fourth-order valence-corrected chi connectivity index (χ4v) is 9.23. The van der Waals surface area contributed by atoms with Crippen molar-refractivity contribution >= 4 is 48.9 Å². The summed E-state index contributed by atoms with van der Waals surface area (Å²) in [5.41, 5.74) is -0.434. The van der Waals surface area contributed by atoms with Gasteiger partial charge in [-0.3, -0.25) is 0 Å². The molecule has 3 heterocycles. The van der Waals surface area contributed by atoms with Gasteiger partial charge in [-0.25, -0.2) is 0 Å². The van der Waals surface area contributed by atoms with Gasteiger partial charge in [-0.1, -0.05) is 0 Å². The van der Waals surface area contributed by atoms with Crippen LogP contribution in [0.5, 0.6) is 0 Å². The van der Waals surface area contributed by atoms with Gasteiger partial charge in [-0.15, -0.1) is 0 Å². The number of amides is 1. The molecule has 0 saturated carbocycles. The van der Waals surface area contributed by atoms with Crippen molar-refractivity contribution in [3.8, 4) is 0 Å². The first-order valence-corrected chi connectivity index (χ1v) is 19.8. The molecule has 0 aromatic carbocycles. The number of carbonyl (C=O) groups is 1. The van der Waals surface area contributed by atoms with Gasteiger partial charge in [0, 0.05) is 0 Å². The molecule has 2 aromatic rings. The van der Waals surface area contributed by atoms with Crippen molar-refractivity contribution in [3.63, 3.8) is 0 Å². The van der Waals surface area contributed by atoms with Crippen LogP contribution in [-0.4, -0.2) is 57.8 Å². The van der Waals surface area contributed by atoms with Gasteiger partial charge < -0.3 is 0 Å². The summed E-state index contributed by atoms with van der Waals surface area (Å²) in [6.07, 6.45) is 3.86. The maximum atomic E-state index is 12.2. The van der Waals surface area contributed by atoms with Crippen LogP contribution in [-0.2, 0) is 4.74 Å². The summed E-state index contributed by atoms with van der Waals surface area (Å²) in [5, 5.41) is 6.11. The number of ether oxygens (including phenoxy) is 1. The molecule has 1 aliphatic heterocycles. The Morgan fingerprint density at radius 1 is 1.28 bits per heavy atom. The average molecular weight is 470 g/mol. The molecule has 3 rings (SSSR count). The van der Waals surface area contributed by atoms with Crippen LogP contribution in [0.3, 0.4) is 0 Å². The fraction of sp³-hybridized carbons (Fsp3) is 0.667. The van der Waals surface area contributed by atoms with Crippen LogP contribution in [0.1, 0.15) is 39.7 Å². The van der Waals surface area contributed by atoms with E-state index in [1.54, 1.807) is 2.89 Å². The van der Waals surface area contributed by atoms with E-state index in [-0.39, 0.29) is 6.09 Å². The van der Waals surface area contributed by atoms with Crippen LogP contribution in [0.15, 0.2) is 12.3 Å². The van der Waals surface area contributed by atoms with Crippen molar-refractivity contribution in [2.45, 2.75) is 60.1 Å². The van der Waals surface area contributed by atoms with Crippen molar-refractivity contribution < 1.29 is 9.53 Å². The van der Waals surface area contributed by atoms with Gasteiger partial charge in [-0.2, -0.15) is 0 Å². The summed E-state index contributed by atoms with van der Waals surface area (Å²) >= 11 is -0.125. The van der Waals surface area contributed by atoms with Crippen LogP contribution in [0.2, 0.25) is 14.8 Å². The third kappa shape index (κ3) is 4.50. The van der Waals surface area contributed by atoms with Crippen LogP contribution in [0.4, 0.5) is 4.79 Å². The first kappa shape index (κ1) is 19.0. The molecule has 1 saturated heterocycles. The number of thiophene rings is 1. The Bertz CT molecular complexity index is 730. The SMILES string of the molecule is CC(C)(C)OC(=O)N1CCC(n2cc3c[c]([Sn]([CH3])([CH3])[CH3])sc3n2)CC1. The number of hydrogen-bond acceptors (Lipinski definition) is 4. The van der Waals surface area contributed by atoms with Crippen LogP contribution >= 0.6 is 11.3 Å². The molecule has 7 heteroatoms. The van der Waals surface area contributed by atoms with E-state index in [4.69, 9.17) is 9.84 Å². The molecule has 0 spiro atoms. The van der Waals surface area contributed by atoms with Gasteiger partial charge in [0.2, 0.25) is 0 Å². The molecule has 0 bridgehead atoms. The average Bonchev–Trinajstić information content (AvgIpc) is 3.03. The topological polar surface area (TPSA) is 47.4 Å². The molecule has 0 radical (unpaired) electrons. The van der Waals surface area contributed by atoms with Gasteiger partial charge in [0.25, 0.3) is 0 Å². The maximum absolute atomic E-state index is 12.2. The van der Waals surface area contributed by atoms with E-state index >= 15 is 0 Å². The molecular weight excluding hydrogens is 441 g/mol. The van der Waals surface area contributed by atoms with Crippen molar-refractivity contribution in [1.29, 1.82) is 0 Å². The van der Waals surface area contributed by atoms with E-state index < -0.39 is 24.0 Å². The van der Waals surface area contributed by atoms with Crippen molar-refractivity contribution in [1.82, 2.24) is 14.7 Å². The molecular formula is C18H29N3O2SSn. The molecule has 0 N–H and O–H groups in total. The standard InChI is InChI=1S/C15H20N3O2S.3CH3.Sn/c1-15(2,3)20-14(19)17-7-4-12(5-8-17)18-10-11-6-9-21-13(11)16-18;;;;/h6,10,12H,4-5,7-8H2,1-3H3;3*1H3;. The van der Waals surface area contributed by atoms with E-state index in [9.17, 15) is 4.79 Å². The Labute approximate surface area is 158 Å². The van der Waals surface area contributed by atoms with Crippen molar-refractivity contribution in [2.75, 3.05) is 13.1 Å². The number of aromatic nitrogens is 2. The van der Waals surface area contributed by atoms with Crippen molar-refractivity contribution in [3.05, 3.63) is 12.3 Å². The van der Waals surface area contributed by atoms with E-state index in [1.165, 1.54) is 5.39 Å². The molecule has 0 unspecified atom stereocenters. The van der Waals surface area contributed by atoms with Crippen LogP contribution < -0.4 is 2.89 Å². The first-order valence-electron chi connectivity index (χ1n) is 9.00. The number of fused-ring (bicyclic) bond motifs is 1. The van der Waals surface area contributed by atoms with Crippen molar-refractivity contribution in [2.24, 2.45) is 0 Å². The van der Waals surface area contributed by atoms with E-state index in [0.717, 1.165) is 30.8 Å². The molecule has 1 aliphatic rings. The normalized spacial score (nSPS) is 17.3. The van der Waals surface area contributed by atoms with Gasteiger partial charge in [0.15, 0.2) is 0 Å². The Morgan fingerprint density at radius 3 is 2.44 bits per heavy atom. The Balaban J connectivity index is 1.64. The van der Waals surface area contributed by atoms with E-state index in [1.807, 2.05) is 37.0 Å². The third-order valence-electron chi connectivity index (χ3n) is 4.45. The molecule has 1 amide bonds. The van der Waals surface area contributed by atoms with Gasteiger partial charge in [0.1, 0.15) is 0 Å². The molecule has 25 heavy (non-hydrogen) atoms. The number of hydrogen-bond donors (Lipinski definition) is 0.